The third-order valence-electron chi connectivity index (χ3n) is 1.71. The number of thiol groups is 1. The van der Waals surface area contributed by atoms with Crippen LogP contribution in [0.15, 0.2) is 0 Å². The van der Waals surface area contributed by atoms with Gasteiger partial charge in [0.1, 0.15) is 0 Å². The Morgan fingerprint density at radius 3 is 2.50 bits per heavy atom. The largest absolute Gasteiger partial charge is 0.481 e. The normalized spacial score (nSPS) is 15.6. The molecular weight excluding hydrogens is 176 g/mol. The van der Waals surface area contributed by atoms with Crippen LogP contribution in [0, 0.1) is 0 Å². The van der Waals surface area contributed by atoms with Crippen molar-refractivity contribution in [2.45, 2.75) is 44.0 Å². The molecule has 0 aromatic heterocycles. The van der Waals surface area contributed by atoms with Crippen LogP contribution in [0.5, 0.6) is 0 Å². The Morgan fingerprint density at radius 1 is 1.50 bits per heavy atom. The second-order valence-electron chi connectivity index (χ2n) is 2.89. The lowest BCUT2D eigenvalue weighted by Crippen LogP contribution is -2.14. The highest BCUT2D eigenvalue weighted by molar-refractivity contribution is 7.80. The van der Waals surface area contributed by atoms with Crippen LogP contribution in [0.25, 0.3) is 0 Å². The molecule has 0 aliphatic rings. The number of hydrogen-bond acceptors (Lipinski definition) is 3. The van der Waals surface area contributed by atoms with E-state index in [9.17, 15) is 4.79 Å². The van der Waals surface area contributed by atoms with Gasteiger partial charge in [0.25, 0.3) is 0 Å². The molecule has 0 bridgehead atoms. The number of carboxylic acid groups (broad SMARTS) is 1. The molecule has 3 nitrogen and oxygen atoms in total. The van der Waals surface area contributed by atoms with Crippen LogP contribution in [0.4, 0.5) is 0 Å². The van der Waals surface area contributed by atoms with Crippen molar-refractivity contribution in [3.8, 4) is 0 Å². The van der Waals surface area contributed by atoms with Gasteiger partial charge in [-0.15, -0.1) is 0 Å². The monoisotopic (exact) mass is 192 g/mol. The Kier molecular flexibility index (Phi) is 6.20. The van der Waals surface area contributed by atoms with E-state index in [4.69, 9.17) is 10.2 Å². The highest BCUT2D eigenvalue weighted by Gasteiger charge is 2.10. The number of rotatable bonds is 6. The van der Waals surface area contributed by atoms with Crippen LogP contribution in [0.3, 0.4) is 0 Å². The predicted molar refractivity (Wildman–Crippen MR) is 50.6 cm³/mol. The average Bonchev–Trinajstić information content (AvgIpc) is 1.99. The summed E-state index contributed by atoms with van der Waals surface area (Å²) in [6, 6.07) is 0. The molecule has 0 rings (SSSR count). The second-order valence-corrected chi connectivity index (χ2v) is 3.62. The van der Waals surface area contributed by atoms with Gasteiger partial charge in [-0.05, 0) is 19.3 Å². The number of aliphatic hydroxyl groups excluding tert-OH is 1. The van der Waals surface area contributed by atoms with Crippen molar-refractivity contribution < 1.29 is 15.0 Å². The molecule has 72 valence electrons. The first-order valence-electron chi connectivity index (χ1n) is 4.14. The molecule has 2 atom stereocenters. The third kappa shape index (κ3) is 6.49. The number of carboxylic acids is 1. The Morgan fingerprint density at radius 2 is 2.08 bits per heavy atom. The van der Waals surface area contributed by atoms with Gasteiger partial charge in [-0.25, -0.2) is 0 Å². The number of aliphatic hydroxyl groups is 1. The van der Waals surface area contributed by atoms with Gasteiger partial charge in [-0.3, -0.25) is 4.79 Å². The molecule has 0 aliphatic heterocycles. The van der Waals surface area contributed by atoms with Gasteiger partial charge < -0.3 is 10.2 Å². The Bertz CT molecular complexity index is 138. The van der Waals surface area contributed by atoms with Crippen molar-refractivity contribution >= 4 is 18.6 Å². The van der Waals surface area contributed by atoms with Gasteiger partial charge in [-0.1, -0.05) is 6.92 Å². The van der Waals surface area contributed by atoms with Gasteiger partial charge in [0, 0.05) is 5.25 Å². The van der Waals surface area contributed by atoms with Gasteiger partial charge in [0.15, 0.2) is 0 Å². The summed E-state index contributed by atoms with van der Waals surface area (Å²) in [6.45, 7) is 2.02. The summed E-state index contributed by atoms with van der Waals surface area (Å²) < 4.78 is 0. The van der Waals surface area contributed by atoms with Gasteiger partial charge >= 0.3 is 5.97 Å². The van der Waals surface area contributed by atoms with E-state index in [-0.39, 0.29) is 11.7 Å². The topological polar surface area (TPSA) is 57.5 Å². The summed E-state index contributed by atoms with van der Waals surface area (Å²) >= 11 is 4.24. The molecule has 0 aromatic carbocycles. The lowest BCUT2D eigenvalue weighted by Gasteiger charge is -2.10. The number of aliphatic carboxylic acids is 1. The van der Waals surface area contributed by atoms with E-state index in [0.717, 1.165) is 12.8 Å². The van der Waals surface area contributed by atoms with E-state index < -0.39 is 12.1 Å². The highest BCUT2D eigenvalue weighted by Crippen LogP contribution is 2.11. The summed E-state index contributed by atoms with van der Waals surface area (Å²) in [5, 5.41) is 17.7. The molecule has 0 spiro atoms. The van der Waals surface area contributed by atoms with E-state index in [1.807, 2.05) is 6.92 Å². The van der Waals surface area contributed by atoms with Gasteiger partial charge in [0.05, 0.1) is 12.5 Å². The fraction of sp³-hybridized carbons (Fsp3) is 0.875. The molecule has 0 heterocycles. The minimum absolute atomic E-state index is 0.162. The van der Waals surface area contributed by atoms with Crippen molar-refractivity contribution in [2.24, 2.45) is 0 Å². The summed E-state index contributed by atoms with van der Waals surface area (Å²) in [7, 11) is 0. The van der Waals surface area contributed by atoms with Crippen LogP contribution >= 0.6 is 12.6 Å². The van der Waals surface area contributed by atoms with Gasteiger partial charge in [0.2, 0.25) is 0 Å². The maximum atomic E-state index is 10.1. The van der Waals surface area contributed by atoms with E-state index in [2.05, 4.69) is 12.6 Å². The van der Waals surface area contributed by atoms with Crippen molar-refractivity contribution in [2.75, 3.05) is 0 Å². The summed E-state index contributed by atoms with van der Waals surface area (Å²) in [4.78, 5) is 10.1. The molecule has 0 fully saturated rings. The molecule has 2 N–H and O–H groups in total. The van der Waals surface area contributed by atoms with Crippen LogP contribution in [-0.2, 0) is 4.79 Å². The smallest absolute Gasteiger partial charge is 0.305 e. The Labute approximate surface area is 78.2 Å². The highest BCUT2D eigenvalue weighted by atomic mass is 32.1. The molecule has 0 saturated heterocycles. The molecule has 0 radical (unpaired) electrons. The summed E-state index contributed by atoms with van der Waals surface area (Å²) in [5.74, 6) is -0.949. The van der Waals surface area contributed by atoms with E-state index in [1.54, 1.807) is 0 Å². The quantitative estimate of drug-likeness (QED) is 0.556. The first kappa shape index (κ1) is 11.8. The fourth-order valence-electron chi connectivity index (χ4n) is 0.893. The Balaban J connectivity index is 3.43. The number of hydrogen-bond donors (Lipinski definition) is 3. The Hall–Kier alpha value is -0.220. The third-order valence-corrected chi connectivity index (χ3v) is 2.34. The lowest BCUT2D eigenvalue weighted by molar-refractivity contribution is -0.139. The molecule has 0 saturated carbocycles. The van der Waals surface area contributed by atoms with E-state index in [0.29, 0.717) is 6.42 Å². The number of carbonyl (C=O) groups is 1. The summed E-state index contributed by atoms with van der Waals surface area (Å²) in [5.41, 5.74) is 0. The van der Waals surface area contributed by atoms with Crippen molar-refractivity contribution in [1.82, 2.24) is 0 Å². The zero-order valence-electron chi connectivity index (χ0n) is 7.23. The van der Waals surface area contributed by atoms with Crippen molar-refractivity contribution in [1.29, 1.82) is 0 Å². The predicted octanol–water partition coefficient (Wildman–Crippen LogP) is 1.31. The lowest BCUT2D eigenvalue weighted by atomic mass is 10.1. The molecular formula is C8H16O3S. The first-order chi connectivity index (χ1) is 5.56. The van der Waals surface area contributed by atoms with Crippen molar-refractivity contribution in [3.63, 3.8) is 0 Å². The minimum Gasteiger partial charge on any atom is -0.481 e. The molecule has 4 heteroatoms. The molecule has 0 amide bonds. The molecule has 12 heavy (non-hydrogen) atoms. The summed E-state index contributed by atoms with van der Waals surface area (Å²) in [6.07, 6.45) is 1.36. The average molecular weight is 192 g/mol. The van der Waals surface area contributed by atoms with Gasteiger partial charge in [-0.2, -0.15) is 12.6 Å². The zero-order chi connectivity index (χ0) is 9.56. The van der Waals surface area contributed by atoms with E-state index in [1.165, 1.54) is 0 Å². The molecule has 0 aliphatic carbocycles. The molecule has 0 aromatic rings. The first-order valence-corrected chi connectivity index (χ1v) is 4.65. The van der Waals surface area contributed by atoms with Crippen molar-refractivity contribution in [3.05, 3.63) is 0 Å². The van der Waals surface area contributed by atoms with Crippen LogP contribution in [0.2, 0.25) is 0 Å². The standard InChI is InChI=1S/C8H16O3S/c1-2-7(12)4-3-6(9)5-8(10)11/h6-7,9,12H,2-5H2,1H3,(H,10,11). The van der Waals surface area contributed by atoms with E-state index >= 15 is 0 Å². The zero-order valence-corrected chi connectivity index (χ0v) is 8.13. The van der Waals surface area contributed by atoms with Crippen LogP contribution in [-0.4, -0.2) is 27.5 Å². The molecule has 2 unspecified atom stereocenters. The second kappa shape index (κ2) is 6.31. The SMILES string of the molecule is CCC(S)CCC(O)CC(=O)O. The fourth-order valence-corrected chi connectivity index (χ4v) is 1.04. The van der Waals surface area contributed by atoms with Crippen LogP contribution in [0.1, 0.15) is 32.6 Å². The van der Waals surface area contributed by atoms with Crippen LogP contribution < -0.4 is 0 Å². The maximum Gasteiger partial charge on any atom is 0.305 e. The minimum atomic E-state index is -0.949. The maximum absolute atomic E-state index is 10.1.